The quantitative estimate of drug-likeness (QED) is 0.822. The lowest BCUT2D eigenvalue weighted by molar-refractivity contribution is -0.0652. The van der Waals surface area contributed by atoms with Crippen molar-refractivity contribution in [1.82, 2.24) is 0 Å². The first kappa shape index (κ1) is 15.2. The minimum Gasteiger partial charge on any atom is -0.389 e. The smallest absolute Gasteiger partial charge is 0.0718 e. The van der Waals surface area contributed by atoms with Gasteiger partial charge in [-0.05, 0) is 48.4 Å². The molecule has 2 unspecified atom stereocenters. The van der Waals surface area contributed by atoms with Crippen LogP contribution in [0.2, 0.25) is 10.0 Å². The second-order valence-corrected chi connectivity index (χ2v) is 6.96. The van der Waals surface area contributed by atoms with Crippen molar-refractivity contribution in [3.8, 4) is 0 Å². The van der Waals surface area contributed by atoms with E-state index in [0.717, 1.165) is 24.8 Å². The maximum Gasteiger partial charge on any atom is 0.0718 e. The maximum absolute atomic E-state index is 11.1. The number of aliphatic hydroxyl groups is 1. The van der Waals surface area contributed by atoms with E-state index >= 15 is 0 Å². The molecule has 0 amide bonds. The molecule has 1 aliphatic carbocycles. The Bertz CT molecular complexity index is 444. The third-order valence-corrected chi connectivity index (χ3v) is 4.98. The van der Waals surface area contributed by atoms with Crippen LogP contribution in [-0.2, 0) is 6.42 Å². The Morgan fingerprint density at radius 3 is 2.74 bits per heavy atom. The van der Waals surface area contributed by atoms with Crippen molar-refractivity contribution in [2.75, 3.05) is 0 Å². The molecule has 19 heavy (non-hydrogen) atoms. The molecule has 0 spiro atoms. The van der Waals surface area contributed by atoms with Crippen LogP contribution in [0.1, 0.15) is 45.1 Å². The Kier molecular flexibility index (Phi) is 4.81. The van der Waals surface area contributed by atoms with E-state index in [-0.39, 0.29) is 0 Å². The van der Waals surface area contributed by atoms with Crippen LogP contribution in [0.5, 0.6) is 0 Å². The van der Waals surface area contributed by atoms with Gasteiger partial charge in [-0.25, -0.2) is 0 Å². The predicted octanol–water partition coefficient (Wildman–Crippen LogP) is 5.11. The van der Waals surface area contributed by atoms with Crippen LogP contribution in [-0.4, -0.2) is 10.7 Å². The number of hydrogen-bond acceptors (Lipinski definition) is 1. The second kappa shape index (κ2) is 6.03. The largest absolute Gasteiger partial charge is 0.389 e. The van der Waals surface area contributed by atoms with Crippen LogP contribution >= 0.6 is 23.2 Å². The Balaban J connectivity index is 2.25. The van der Waals surface area contributed by atoms with E-state index < -0.39 is 5.60 Å². The summed E-state index contributed by atoms with van der Waals surface area (Å²) in [6.45, 7) is 4.39. The molecule has 0 saturated heterocycles. The van der Waals surface area contributed by atoms with Crippen LogP contribution in [0.15, 0.2) is 18.2 Å². The average Bonchev–Trinajstić information content (AvgIpc) is 2.33. The first-order chi connectivity index (χ1) is 8.92. The summed E-state index contributed by atoms with van der Waals surface area (Å²) in [5, 5.41) is 12.4. The van der Waals surface area contributed by atoms with Crippen molar-refractivity contribution in [3.05, 3.63) is 33.8 Å². The molecule has 1 N–H and O–H groups in total. The highest BCUT2D eigenvalue weighted by atomic mass is 35.5. The van der Waals surface area contributed by atoms with Gasteiger partial charge in [-0.1, -0.05) is 49.9 Å². The van der Waals surface area contributed by atoms with Crippen molar-refractivity contribution in [2.45, 2.75) is 51.6 Å². The molecule has 0 heterocycles. The van der Waals surface area contributed by atoms with Crippen LogP contribution in [0.25, 0.3) is 0 Å². The number of rotatable bonds is 3. The number of halogens is 2. The maximum atomic E-state index is 11.1. The predicted molar refractivity (Wildman–Crippen MR) is 81.9 cm³/mol. The highest BCUT2D eigenvalue weighted by molar-refractivity contribution is 6.33. The Labute approximate surface area is 125 Å². The van der Waals surface area contributed by atoms with Gasteiger partial charge in [0.05, 0.1) is 5.60 Å². The van der Waals surface area contributed by atoms with Gasteiger partial charge < -0.3 is 5.11 Å². The molecule has 0 bridgehead atoms. The van der Waals surface area contributed by atoms with Crippen molar-refractivity contribution < 1.29 is 5.11 Å². The summed E-state index contributed by atoms with van der Waals surface area (Å²) in [6, 6.07) is 5.49. The van der Waals surface area contributed by atoms with Crippen LogP contribution in [0.4, 0.5) is 0 Å². The Morgan fingerprint density at radius 1 is 1.32 bits per heavy atom. The Morgan fingerprint density at radius 2 is 2.05 bits per heavy atom. The van der Waals surface area contributed by atoms with Gasteiger partial charge in [0.25, 0.3) is 0 Å². The fourth-order valence-electron chi connectivity index (χ4n) is 3.43. The molecule has 106 valence electrons. The van der Waals surface area contributed by atoms with E-state index in [0.29, 0.717) is 28.3 Å². The zero-order valence-electron chi connectivity index (χ0n) is 11.6. The molecule has 0 radical (unpaired) electrons. The molecule has 1 aromatic rings. The fourth-order valence-corrected chi connectivity index (χ4v) is 3.81. The molecule has 1 saturated carbocycles. The lowest BCUT2D eigenvalue weighted by Gasteiger charge is -2.42. The molecule has 1 aromatic carbocycles. The van der Waals surface area contributed by atoms with Gasteiger partial charge in [-0.2, -0.15) is 0 Å². The molecular weight excluding hydrogens is 279 g/mol. The van der Waals surface area contributed by atoms with Gasteiger partial charge in [0.1, 0.15) is 0 Å². The molecule has 0 aromatic heterocycles. The van der Waals surface area contributed by atoms with Crippen LogP contribution in [0.3, 0.4) is 0 Å². The van der Waals surface area contributed by atoms with Gasteiger partial charge >= 0.3 is 0 Å². The van der Waals surface area contributed by atoms with E-state index in [1.54, 1.807) is 6.07 Å². The SMILES string of the molecule is CC(C)C1CCCCC1(O)Cc1cc(Cl)ccc1Cl. The van der Waals surface area contributed by atoms with Crippen molar-refractivity contribution in [2.24, 2.45) is 11.8 Å². The van der Waals surface area contributed by atoms with Crippen molar-refractivity contribution in [1.29, 1.82) is 0 Å². The highest BCUT2D eigenvalue weighted by Gasteiger charge is 2.40. The lowest BCUT2D eigenvalue weighted by atomic mass is 9.68. The molecule has 2 rings (SSSR count). The topological polar surface area (TPSA) is 20.2 Å². The van der Waals surface area contributed by atoms with Gasteiger partial charge in [-0.15, -0.1) is 0 Å². The summed E-state index contributed by atoms with van der Waals surface area (Å²) >= 11 is 12.3. The summed E-state index contributed by atoms with van der Waals surface area (Å²) in [5.74, 6) is 0.833. The third kappa shape index (κ3) is 3.45. The van der Waals surface area contributed by atoms with Crippen LogP contribution in [0, 0.1) is 11.8 Å². The monoisotopic (exact) mass is 300 g/mol. The molecule has 2 atom stereocenters. The minimum atomic E-state index is -0.638. The normalized spacial score (nSPS) is 27.8. The van der Waals surface area contributed by atoms with Crippen LogP contribution < -0.4 is 0 Å². The summed E-state index contributed by atoms with van der Waals surface area (Å²) in [6.07, 6.45) is 4.88. The third-order valence-electron chi connectivity index (χ3n) is 4.37. The molecule has 1 aliphatic rings. The fraction of sp³-hybridized carbons (Fsp3) is 0.625. The standard InChI is InChI=1S/C16H22Cl2O/c1-11(2)14-5-3-4-8-16(14,19)10-12-9-13(17)6-7-15(12)18/h6-7,9,11,14,19H,3-5,8,10H2,1-2H3. The minimum absolute atomic E-state index is 0.344. The number of benzene rings is 1. The summed E-state index contributed by atoms with van der Waals surface area (Å²) in [7, 11) is 0. The molecule has 1 nitrogen and oxygen atoms in total. The molecule has 0 aliphatic heterocycles. The van der Waals surface area contributed by atoms with Gasteiger partial charge in [0, 0.05) is 16.5 Å². The zero-order chi connectivity index (χ0) is 14.0. The van der Waals surface area contributed by atoms with Gasteiger partial charge in [0.2, 0.25) is 0 Å². The first-order valence-electron chi connectivity index (χ1n) is 7.09. The summed E-state index contributed by atoms with van der Waals surface area (Å²) < 4.78 is 0. The van der Waals surface area contributed by atoms with Crippen molar-refractivity contribution >= 4 is 23.2 Å². The molecule has 1 fully saturated rings. The lowest BCUT2D eigenvalue weighted by Crippen LogP contribution is -2.45. The number of hydrogen-bond donors (Lipinski definition) is 1. The van der Waals surface area contributed by atoms with E-state index in [4.69, 9.17) is 23.2 Å². The first-order valence-corrected chi connectivity index (χ1v) is 7.84. The highest BCUT2D eigenvalue weighted by Crippen LogP contribution is 2.41. The van der Waals surface area contributed by atoms with E-state index in [1.807, 2.05) is 12.1 Å². The van der Waals surface area contributed by atoms with Gasteiger partial charge in [-0.3, -0.25) is 0 Å². The van der Waals surface area contributed by atoms with E-state index in [2.05, 4.69) is 13.8 Å². The van der Waals surface area contributed by atoms with Crippen molar-refractivity contribution in [3.63, 3.8) is 0 Å². The average molecular weight is 301 g/mol. The van der Waals surface area contributed by atoms with E-state index in [1.165, 1.54) is 6.42 Å². The van der Waals surface area contributed by atoms with Gasteiger partial charge in [0.15, 0.2) is 0 Å². The molecule has 3 heteroatoms. The summed E-state index contributed by atoms with van der Waals surface area (Å²) in [4.78, 5) is 0. The molecular formula is C16H22Cl2O. The zero-order valence-corrected chi connectivity index (χ0v) is 13.1. The Hall–Kier alpha value is -0.240. The summed E-state index contributed by atoms with van der Waals surface area (Å²) in [5.41, 5.74) is 0.324. The second-order valence-electron chi connectivity index (χ2n) is 6.11. The van der Waals surface area contributed by atoms with E-state index in [9.17, 15) is 5.11 Å².